The molecule has 0 saturated heterocycles. The molecule has 1 N–H and O–H groups in total. The van der Waals surface area contributed by atoms with E-state index in [9.17, 15) is 0 Å². The van der Waals surface area contributed by atoms with Gasteiger partial charge in [0.25, 0.3) is 0 Å². The Morgan fingerprint density at radius 2 is 1.68 bits per heavy atom. The van der Waals surface area contributed by atoms with Crippen molar-refractivity contribution in [3.63, 3.8) is 0 Å². The Bertz CT molecular complexity index is 334. The van der Waals surface area contributed by atoms with Crippen LogP contribution in [-0.4, -0.2) is 26.3 Å². The molecule has 3 nitrogen and oxygen atoms in total. The third kappa shape index (κ3) is 6.08. The molecule has 0 bridgehead atoms. The monoisotopic (exact) mass is 265 g/mol. The van der Waals surface area contributed by atoms with Crippen molar-refractivity contribution in [2.75, 3.05) is 20.3 Å². The van der Waals surface area contributed by atoms with E-state index in [1.54, 1.807) is 7.11 Å². The third-order valence-electron chi connectivity index (χ3n) is 2.83. The van der Waals surface area contributed by atoms with Crippen molar-refractivity contribution in [3.05, 3.63) is 29.8 Å². The predicted octanol–water partition coefficient (Wildman–Crippen LogP) is 3.41. The molecule has 0 aliphatic heterocycles. The van der Waals surface area contributed by atoms with E-state index in [0.29, 0.717) is 12.0 Å². The van der Waals surface area contributed by atoms with E-state index in [-0.39, 0.29) is 6.10 Å². The van der Waals surface area contributed by atoms with Crippen molar-refractivity contribution in [1.82, 2.24) is 5.32 Å². The first-order chi connectivity index (χ1) is 9.02. The van der Waals surface area contributed by atoms with Gasteiger partial charge in [0.2, 0.25) is 0 Å². The van der Waals surface area contributed by atoms with Crippen LogP contribution in [0.25, 0.3) is 0 Å². The standard InChI is InChI=1S/C16H27NO2/c1-12(2)11-19-16(10-17-13(3)4)14-6-8-15(18-5)9-7-14/h6-9,12-13,16-17H,10-11H2,1-5H3. The Hall–Kier alpha value is -1.06. The number of benzene rings is 1. The Labute approximate surface area is 117 Å². The highest BCUT2D eigenvalue weighted by Crippen LogP contribution is 2.21. The SMILES string of the molecule is COc1ccc(C(CNC(C)C)OCC(C)C)cc1. The van der Waals surface area contributed by atoms with E-state index in [1.165, 1.54) is 5.56 Å². The number of ether oxygens (including phenoxy) is 2. The minimum Gasteiger partial charge on any atom is -0.497 e. The molecular formula is C16H27NO2. The first-order valence-electron chi connectivity index (χ1n) is 7.01. The maximum absolute atomic E-state index is 6.01. The Balaban J connectivity index is 2.69. The van der Waals surface area contributed by atoms with Gasteiger partial charge in [-0.05, 0) is 23.6 Å². The van der Waals surface area contributed by atoms with Gasteiger partial charge in [0.1, 0.15) is 5.75 Å². The van der Waals surface area contributed by atoms with Crippen LogP contribution in [0.4, 0.5) is 0 Å². The van der Waals surface area contributed by atoms with E-state index in [0.717, 1.165) is 18.9 Å². The largest absolute Gasteiger partial charge is 0.497 e. The molecule has 0 aliphatic rings. The zero-order valence-corrected chi connectivity index (χ0v) is 12.8. The Morgan fingerprint density at radius 1 is 1.05 bits per heavy atom. The maximum atomic E-state index is 6.01. The fourth-order valence-electron chi connectivity index (χ4n) is 1.74. The topological polar surface area (TPSA) is 30.5 Å². The fourth-order valence-corrected chi connectivity index (χ4v) is 1.74. The highest BCUT2D eigenvalue weighted by atomic mass is 16.5. The first kappa shape index (κ1) is 16.0. The molecule has 108 valence electrons. The third-order valence-corrected chi connectivity index (χ3v) is 2.83. The molecule has 1 aromatic carbocycles. The Kier molecular flexibility index (Phi) is 6.89. The van der Waals surface area contributed by atoms with Crippen molar-refractivity contribution in [3.8, 4) is 5.75 Å². The summed E-state index contributed by atoms with van der Waals surface area (Å²) in [5.41, 5.74) is 1.19. The van der Waals surface area contributed by atoms with Crippen LogP contribution in [0.15, 0.2) is 24.3 Å². The lowest BCUT2D eigenvalue weighted by molar-refractivity contribution is 0.0340. The van der Waals surface area contributed by atoms with Gasteiger partial charge in [-0.1, -0.05) is 39.8 Å². The quantitative estimate of drug-likeness (QED) is 0.781. The second-order valence-electron chi connectivity index (χ2n) is 5.55. The van der Waals surface area contributed by atoms with Gasteiger partial charge in [-0.25, -0.2) is 0 Å². The first-order valence-corrected chi connectivity index (χ1v) is 7.01. The summed E-state index contributed by atoms with van der Waals surface area (Å²) in [5, 5.41) is 3.44. The van der Waals surface area contributed by atoms with Crippen LogP contribution in [0.2, 0.25) is 0 Å². The van der Waals surface area contributed by atoms with Crippen LogP contribution in [0.5, 0.6) is 5.75 Å². The van der Waals surface area contributed by atoms with E-state index in [2.05, 4.69) is 45.1 Å². The summed E-state index contributed by atoms with van der Waals surface area (Å²) < 4.78 is 11.2. The maximum Gasteiger partial charge on any atom is 0.118 e. The molecule has 3 heteroatoms. The number of nitrogens with one attached hydrogen (secondary N) is 1. The van der Waals surface area contributed by atoms with E-state index in [1.807, 2.05) is 12.1 Å². The van der Waals surface area contributed by atoms with E-state index >= 15 is 0 Å². The number of methoxy groups -OCH3 is 1. The van der Waals surface area contributed by atoms with Gasteiger partial charge < -0.3 is 14.8 Å². The predicted molar refractivity (Wildman–Crippen MR) is 79.7 cm³/mol. The van der Waals surface area contributed by atoms with Crippen molar-refractivity contribution < 1.29 is 9.47 Å². The molecule has 1 aromatic rings. The second-order valence-corrected chi connectivity index (χ2v) is 5.55. The minimum atomic E-state index is 0.0932. The van der Waals surface area contributed by atoms with Crippen LogP contribution in [0, 0.1) is 5.92 Å². The molecule has 0 saturated carbocycles. The molecule has 1 unspecified atom stereocenters. The summed E-state index contributed by atoms with van der Waals surface area (Å²) in [6.07, 6.45) is 0.0932. The van der Waals surface area contributed by atoms with Gasteiger partial charge in [0, 0.05) is 19.2 Å². The van der Waals surface area contributed by atoms with Gasteiger partial charge in [-0.15, -0.1) is 0 Å². The molecule has 0 spiro atoms. The van der Waals surface area contributed by atoms with E-state index in [4.69, 9.17) is 9.47 Å². The molecule has 0 aliphatic carbocycles. The van der Waals surface area contributed by atoms with Crippen molar-refractivity contribution in [2.45, 2.75) is 39.8 Å². The zero-order chi connectivity index (χ0) is 14.3. The van der Waals surface area contributed by atoms with Gasteiger partial charge >= 0.3 is 0 Å². The zero-order valence-electron chi connectivity index (χ0n) is 12.8. The number of rotatable bonds is 8. The average molecular weight is 265 g/mol. The lowest BCUT2D eigenvalue weighted by Crippen LogP contribution is -2.29. The highest BCUT2D eigenvalue weighted by molar-refractivity contribution is 5.28. The molecule has 0 amide bonds. The molecule has 0 heterocycles. The Morgan fingerprint density at radius 3 is 2.16 bits per heavy atom. The van der Waals surface area contributed by atoms with Crippen LogP contribution in [0.1, 0.15) is 39.4 Å². The summed E-state index contributed by atoms with van der Waals surface area (Å²) in [7, 11) is 1.68. The molecule has 0 fully saturated rings. The lowest BCUT2D eigenvalue weighted by Gasteiger charge is -2.21. The molecule has 1 rings (SSSR count). The summed E-state index contributed by atoms with van der Waals surface area (Å²) in [4.78, 5) is 0. The fraction of sp³-hybridized carbons (Fsp3) is 0.625. The number of hydrogen-bond acceptors (Lipinski definition) is 3. The minimum absolute atomic E-state index is 0.0932. The van der Waals surface area contributed by atoms with E-state index < -0.39 is 0 Å². The highest BCUT2D eigenvalue weighted by Gasteiger charge is 2.13. The lowest BCUT2D eigenvalue weighted by atomic mass is 10.1. The van der Waals surface area contributed by atoms with Gasteiger partial charge in [-0.3, -0.25) is 0 Å². The molecule has 0 aromatic heterocycles. The average Bonchev–Trinajstić information content (AvgIpc) is 2.38. The van der Waals surface area contributed by atoms with Crippen molar-refractivity contribution >= 4 is 0 Å². The molecule has 0 radical (unpaired) electrons. The second kappa shape index (κ2) is 8.18. The van der Waals surface area contributed by atoms with Gasteiger partial charge in [0.15, 0.2) is 0 Å². The summed E-state index contributed by atoms with van der Waals surface area (Å²) >= 11 is 0. The molecule has 19 heavy (non-hydrogen) atoms. The van der Waals surface area contributed by atoms with Gasteiger partial charge in [0.05, 0.1) is 13.2 Å². The van der Waals surface area contributed by atoms with Crippen LogP contribution in [-0.2, 0) is 4.74 Å². The summed E-state index contributed by atoms with van der Waals surface area (Å²) in [5.74, 6) is 1.42. The summed E-state index contributed by atoms with van der Waals surface area (Å²) in [6, 6.07) is 8.58. The summed E-state index contributed by atoms with van der Waals surface area (Å²) in [6.45, 7) is 10.2. The van der Waals surface area contributed by atoms with Crippen molar-refractivity contribution in [2.24, 2.45) is 5.92 Å². The number of hydrogen-bond donors (Lipinski definition) is 1. The van der Waals surface area contributed by atoms with Crippen molar-refractivity contribution in [1.29, 1.82) is 0 Å². The molecular weight excluding hydrogens is 238 g/mol. The van der Waals surface area contributed by atoms with Crippen LogP contribution in [0.3, 0.4) is 0 Å². The van der Waals surface area contributed by atoms with Crippen LogP contribution < -0.4 is 10.1 Å². The smallest absolute Gasteiger partial charge is 0.118 e. The normalized spacial score (nSPS) is 13.0. The van der Waals surface area contributed by atoms with Crippen LogP contribution >= 0.6 is 0 Å². The molecule has 1 atom stereocenters. The van der Waals surface area contributed by atoms with Gasteiger partial charge in [-0.2, -0.15) is 0 Å².